The number of hydrogen-bond donors (Lipinski definition) is 1. The summed E-state index contributed by atoms with van der Waals surface area (Å²) in [6.45, 7) is 2.09. The number of methoxy groups -OCH3 is 1. The summed E-state index contributed by atoms with van der Waals surface area (Å²) in [4.78, 5) is 24.9. The Balaban J connectivity index is 1.69. The van der Waals surface area contributed by atoms with Gasteiger partial charge in [0.05, 0.1) is 12.7 Å². The summed E-state index contributed by atoms with van der Waals surface area (Å²) in [7, 11) is 1.54. The first-order valence-electron chi connectivity index (χ1n) is 7.86. The molecule has 0 aromatic heterocycles. The van der Waals surface area contributed by atoms with Crippen LogP contribution >= 0.6 is 11.8 Å². The van der Waals surface area contributed by atoms with Crippen molar-refractivity contribution in [3.05, 3.63) is 59.7 Å². The van der Waals surface area contributed by atoms with E-state index in [-0.39, 0.29) is 12.5 Å². The standard InChI is InChI=1S/C19H21NO4S/c1-14-8-9-15(12-17(14)23-2)19(22)24-13-18(21)20-10-11-25-16-6-4-3-5-7-16/h3-9,12H,10-11,13H2,1-2H3,(H,20,21). The summed E-state index contributed by atoms with van der Waals surface area (Å²) in [5.41, 5.74) is 1.28. The van der Waals surface area contributed by atoms with Gasteiger partial charge in [-0.25, -0.2) is 4.79 Å². The van der Waals surface area contributed by atoms with Gasteiger partial charge in [0.25, 0.3) is 5.91 Å². The van der Waals surface area contributed by atoms with E-state index in [1.807, 2.05) is 37.3 Å². The van der Waals surface area contributed by atoms with Crippen LogP contribution < -0.4 is 10.1 Å². The minimum Gasteiger partial charge on any atom is -0.496 e. The second-order valence-corrected chi connectivity index (χ2v) is 6.44. The molecule has 1 amide bonds. The number of aryl methyl sites for hydroxylation is 1. The fourth-order valence-electron chi connectivity index (χ4n) is 2.09. The monoisotopic (exact) mass is 359 g/mol. The Morgan fingerprint density at radius 3 is 2.60 bits per heavy atom. The van der Waals surface area contributed by atoms with Crippen LogP contribution in [-0.4, -0.2) is 37.9 Å². The molecule has 0 unspecified atom stereocenters. The summed E-state index contributed by atoms with van der Waals surface area (Å²) in [6.07, 6.45) is 0. The highest BCUT2D eigenvalue weighted by molar-refractivity contribution is 7.99. The topological polar surface area (TPSA) is 64.6 Å². The van der Waals surface area contributed by atoms with Crippen LogP contribution in [0.2, 0.25) is 0 Å². The lowest BCUT2D eigenvalue weighted by molar-refractivity contribution is -0.124. The van der Waals surface area contributed by atoms with Crippen molar-refractivity contribution >= 4 is 23.6 Å². The molecule has 132 valence electrons. The fraction of sp³-hybridized carbons (Fsp3) is 0.263. The largest absolute Gasteiger partial charge is 0.496 e. The third-order valence-electron chi connectivity index (χ3n) is 3.41. The summed E-state index contributed by atoms with van der Waals surface area (Å²) in [6, 6.07) is 15.0. The summed E-state index contributed by atoms with van der Waals surface area (Å²) < 4.78 is 10.2. The van der Waals surface area contributed by atoms with Crippen molar-refractivity contribution in [2.75, 3.05) is 26.0 Å². The van der Waals surface area contributed by atoms with Gasteiger partial charge in [0, 0.05) is 17.2 Å². The van der Waals surface area contributed by atoms with E-state index >= 15 is 0 Å². The van der Waals surface area contributed by atoms with Gasteiger partial charge in [-0.15, -0.1) is 11.8 Å². The highest BCUT2D eigenvalue weighted by Crippen LogP contribution is 2.19. The van der Waals surface area contributed by atoms with Gasteiger partial charge in [0.15, 0.2) is 6.61 Å². The van der Waals surface area contributed by atoms with E-state index in [2.05, 4.69) is 5.32 Å². The molecule has 0 atom stereocenters. The van der Waals surface area contributed by atoms with E-state index in [4.69, 9.17) is 9.47 Å². The molecular formula is C19H21NO4S. The number of esters is 1. The van der Waals surface area contributed by atoms with Crippen LogP contribution in [0, 0.1) is 6.92 Å². The Hall–Kier alpha value is -2.47. The molecule has 0 saturated carbocycles. The van der Waals surface area contributed by atoms with Crippen molar-refractivity contribution in [3.8, 4) is 5.75 Å². The van der Waals surface area contributed by atoms with E-state index in [0.29, 0.717) is 17.9 Å². The maximum atomic E-state index is 12.0. The van der Waals surface area contributed by atoms with Gasteiger partial charge in [-0.1, -0.05) is 24.3 Å². The molecule has 0 spiro atoms. The molecule has 0 saturated heterocycles. The average molecular weight is 359 g/mol. The SMILES string of the molecule is COc1cc(C(=O)OCC(=O)NCCSc2ccccc2)ccc1C. The number of benzene rings is 2. The third-order valence-corrected chi connectivity index (χ3v) is 4.43. The Morgan fingerprint density at radius 2 is 1.88 bits per heavy atom. The van der Waals surface area contributed by atoms with Crippen LogP contribution in [-0.2, 0) is 9.53 Å². The number of amides is 1. The Kier molecular flexibility index (Phi) is 7.35. The maximum absolute atomic E-state index is 12.0. The summed E-state index contributed by atoms with van der Waals surface area (Å²) >= 11 is 1.65. The Labute approximate surface area is 151 Å². The zero-order valence-corrected chi connectivity index (χ0v) is 15.1. The Morgan fingerprint density at radius 1 is 1.12 bits per heavy atom. The van der Waals surface area contributed by atoms with Crippen LogP contribution in [0.5, 0.6) is 5.75 Å². The molecule has 0 aliphatic rings. The maximum Gasteiger partial charge on any atom is 0.338 e. The molecule has 1 N–H and O–H groups in total. The molecule has 5 nitrogen and oxygen atoms in total. The van der Waals surface area contributed by atoms with Crippen LogP contribution in [0.3, 0.4) is 0 Å². The molecule has 0 radical (unpaired) electrons. The smallest absolute Gasteiger partial charge is 0.338 e. The fourth-order valence-corrected chi connectivity index (χ4v) is 2.88. The number of thioether (sulfide) groups is 1. The molecule has 2 rings (SSSR count). The second-order valence-electron chi connectivity index (χ2n) is 5.27. The molecule has 0 heterocycles. The van der Waals surface area contributed by atoms with Gasteiger partial charge in [0.2, 0.25) is 0 Å². The van der Waals surface area contributed by atoms with Crippen LogP contribution in [0.4, 0.5) is 0 Å². The van der Waals surface area contributed by atoms with Crippen molar-refractivity contribution < 1.29 is 19.1 Å². The number of carbonyl (C=O) groups is 2. The minimum absolute atomic E-state index is 0.301. The van der Waals surface area contributed by atoms with Crippen LogP contribution in [0.15, 0.2) is 53.4 Å². The summed E-state index contributed by atoms with van der Waals surface area (Å²) in [5, 5.41) is 2.73. The van der Waals surface area contributed by atoms with E-state index < -0.39 is 5.97 Å². The van der Waals surface area contributed by atoms with Crippen molar-refractivity contribution in [3.63, 3.8) is 0 Å². The molecule has 0 bridgehead atoms. The molecule has 2 aromatic carbocycles. The van der Waals surface area contributed by atoms with Crippen molar-refractivity contribution in [2.45, 2.75) is 11.8 Å². The van der Waals surface area contributed by atoms with Gasteiger partial charge in [0.1, 0.15) is 5.75 Å². The lowest BCUT2D eigenvalue weighted by Crippen LogP contribution is -2.30. The second kappa shape index (κ2) is 9.74. The minimum atomic E-state index is -0.549. The predicted molar refractivity (Wildman–Crippen MR) is 98.2 cm³/mol. The molecular weight excluding hydrogens is 338 g/mol. The van der Waals surface area contributed by atoms with Crippen molar-refractivity contribution in [1.29, 1.82) is 0 Å². The average Bonchev–Trinajstić information content (AvgIpc) is 2.64. The zero-order valence-electron chi connectivity index (χ0n) is 14.3. The molecule has 0 fully saturated rings. The number of nitrogens with one attached hydrogen (secondary N) is 1. The van der Waals surface area contributed by atoms with Gasteiger partial charge in [-0.3, -0.25) is 4.79 Å². The van der Waals surface area contributed by atoms with Gasteiger partial charge in [-0.2, -0.15) is 0 Å². The molecule has 25 heavy (non-hydrogen) atoms. The van der Waals surface area contributed by atoms with Crippen molar-refractivity contribution in [1.82, 2.24) is 5.32 Å². The van der Waals surface area contributed by atoms with Crippen LogP contribution in [0.25, 0.3) is 0 Å². The van der Waals surface area contributed by atoms with E-state index in [1.165, 1.54) is 0 Å². The van der Waals surface area contributed by atoms with Gasteiger partial charge < -0.3 is 14.8 Å². The first kappa shape index (κ1) is 18.9. The summed E-state index contributed by atoms with van der Waals surface area (Å²) in [5.74, 6) is 0.490. The van der Waals surface area contributed by atoms with Crippen LogP contribution in [0.1, 0.15) is 15.9 Å². The number of hydrogen-bond acceptors (Lipinski definition) is 5. The van der Waals surface area contributed by atoms with Crippen molar-refractivity contribution in [2.24, 2.45) is 0 Å². The quantitative estimate of drug-likeness (QED) is 0.446. The van der Waals surface area contributed by atoms with E-state index in [0.717, 1.165) is 16.2 Å². The zero-order chi connectivity index (χ0) is 18.1. The first-order chi connectivity index (χ1) is 12.1. The first-order valence-corrected chi connectivity index (χ1v) is 8.85. The lowest BCUT2D eigenvalue weighted by atomic mass is 10.1. The number of ether oxygens (including phenoxy) is 2. The van der Waals surface area contributed by atoms with Gasteiger partial charge in [-0.05, 0) is 36.8 Å². The number of rotatable bonds is 8. The normalized spacial score (nSPS) is 10.2. The highest BCUT2D eigenvalue weighted by atomic mass is 32.2. The van der Waals surface area contributed by atoms with E-state index in [9.17, 15) is 9.59 Å². The predicted octanol–water partition coefficient (Wildman–Crippen LogP) is 3.07. The highest BCUT2D eigenvalue weighted by Gasteiger charge is 2.12. The number of carbonyl (C=O) groups excluding carboxylic acids is 2. The Bertz CT molecular complexity index is 719. The molecule has 0 aliphatic heterocycles. The third kappa shape index (κ3) is 6.15. The lowest BCUT2D eigenvalue weighted by Gasteiger charge is -2.09. The van der Waals surface area contributed by atoms with Gasteiger partial charge >= 0.3 is 5.97 Å². The molecule has 6 heteroatoms. The molecule has 2 aromatic rings. The molecule has 0 aliphatic carbocycles. The van der Waals surface area contributed by atoms with E-state index in [1.54, 1.807) is 37.1 Å².